The van der Waals surface area contributed by atoms with Crippen LogP contribution in [0.5, 0.6) is 5.75 Å². The van der Waals surface area contributed by atoms with Crippen molar-refractivity contribution >= 4 is 28.9 Å². The number of anilines is 2. The van der Waals surface area contributed by atoms with E-state index >= 15 is 0 Å². The average molecular weight is 303 g/mol. The molecule has 0 bridgehead atoms. The Morgan fingerprint density at radius 3 is 3.00 bits per heavy atom. The van der Waals surface area contributed by atoms with Crippen molar-refractivity contribution < 1.29 is 9.53 Å². The van der Waals surface area contributed by atoms with Crippen molar-refractivity contribution in [3.8, 4) is 5.75 Å². The number of ether oxygens (including phenoxy) is 1. The second kappa shape index (κ2) is 5.66. The summed E-state index contributed by atoms with van der Waals surface area (Å²) in [5.41, 5.74) is 2.99. The molecule has 4 nitrogen and oxygen atoms in total. The number of hydrogen-bond acceptors (Lipinski definition) is 3. The fraction of sp³-hybridized carbons (Fsp3) is 0.188. The second-order valence-electron chi connectivity index (χ2n) is 4.88. The number of rotatable bonds is 2. The molecule has 1 aliphatic rings. The first-order valence-electron chi connectivity index (χ1n) is 6.72. The van der Waals surface area contributed by atoms with Gasteiger partial charge in [0.25, 0.3) is 5.91 Å². The van der Waals surface area contributed by atoms with Crippen molar-refractivity contribution in [1.29, 1.82) is 0 Å². The smallest absolute Gasteiger partial charge is 0.259 e. The number of hydrogen-bond donors (Lipinski definition) is 2. The quantitative estimate of drug-likeness (QED) is 0.889. The molecule has 3 rings (SSSR count). The molecule has 2 N–H and O–H groups in total. The third-order valence-corrected chi connectivity index (χ3v) is 3.76. The van der Waals surface area contributed by atoms with Gasteiger partial charge in [-0.2, -0.15) is 0 Å². The van der Waals surface area contributed by atoms with Gasteiger partial charge in [0.15, 0.2) is 5.75 Å². The summed E-state index contributed by atoms with van der Waals surface area (Å²) in [5, 5.41) is 6.68. The molecule has 108 valence electrons. The van der Waals surface area contributed by atoms with Gasteiger partial charge in [0.2, 0.25) is 0 Å². The van der Waals surface area contributed by atoms with Crippen LogP contribution in [0.2, 0.25) is 5.02 Å². The van der Waals surface area contributed by atoms with E-state index < -0.39 is 0 Å². The number of benzene rings is 2. The minimum Gasteiger partial charge on any atom is -0.489 e. The van der Waals surface area contributed by atoms with Gasteiger partial charge >= 0.3 is 0 Å². The molecular weight excluding hydrogens is 288 g/mol. The van der Waals surface area contributed by atoms with E-state index in [2.05, 4.69) is 10.6 Å². The Kier molecular flexibility index (Phi) is 3.71. The van der Waals surface area contributed by atoms with Crippen LogP contribution in [0.15, 0.2) is 36.4 Å². The normalized spacial score (nSPS) is 12.9. The molecule has 0 fully saturated rings. The van der Waals surface area contributed by atoms with Gasteiger partial charge in [-0.1, -0.05) is 23.7 Å². The maximum atomic E-state index is 12.4. The lowest BCUT2D eigenvalue weighted by atomic mass is 10.1. The van der Waals surface area contributed by atoms with Crippen LogP contribution in [0.3, 0.4) is 0 Å². The molecule has 0 aliphatic carbocycles. The molecule has 21 heavy (non-hydrogen) atoms. The third-order valence-electron chi connectivity index (χ3n) is 3.35. The van der Waals surface area contributed by atoms with E-state index in [1.807, 2.05) is 31.2 Å². The number of fused-ring (bicyclic) bond motifs is 1. The van der Waals surface area contributed by atoms with Crippen LogP contribution in [0.4, 0.5) is 11.4 Å². The van der Waals surface area contributed by atoms with E-state index in [4.69, 9.17) is 16.3 Å². The summed E-state index contributed by atoms with van der Waals surface area (Å²) in [5.74, 6) is 0.384. The van der Waals surface area contributed by atoms with E-state index in [-0.39, 0.29) is 5.91 Å². The van der Waals surface area contributed by atoms with Crippen molar-refractivity contribution in [3.63, 3.8) is 0 Å². The van der Waals surface area contributed by atoms with Gasteiger partial charge in [-0.25, -0.2) is 0 Å². The van der Waals surface area contributed by atoms with Crippen molar-refractivity contribution in [1.82, 2.24) is 0 Å². The molecule has 2 aromatic carbocycles. The molecule has 0 saturated heterocycles. The van der Waals surface area contributed by atoms with Crippen LogP contribution in [-0.2, 0) is 0 Å². The summed E-state index contributed by atoms with van der Waals surface area (Å²) in [6.45, 7) is 3.21. The van der Waals surface area contributed by atoms with Crippen LogP contribution < -0.4 is 15.4 Å². The van der Waals surface area contributed by atoms with Gasteiger partial charge in [0.1, 0.15) is 6.61 Å². The number of aryl methyl sites for hydroxylation is 1. The van der Waals surface area contributed by atoms with Gasteiger partial charge < -0.3 is 15.4 Å². The van der Waals surface area contributed by atoms with Gasteiger partial charge in [0.05, 0.1) is 11.3 Å². The predicted octanol–water partition coefficient (Wildman–Crippen LogP) is 3.71. The summed E-state index contributed by atoms with van der Waals surface area (Å²) in [6, 6.07) is 10.9. The Morgan fingerprint density at radius 1 is 1.33 bits per heavy atom. The third kappa shape index (κ3) is 2.81. The standard InChI is InChI=1S/C16H15ClN2O2/c1-10-5-6-11(9-13(10)17)19-16(20)12-3-2-4-14-15(12)21-8-7-18-14/h2-6,9,18H,7-8H2,1H3,(H,19,20). The molecule has 1 aliphatic heterocycles. The van der Waals surface area contributed by atoms with Crippen molar-refractivity contribution in [2.45, 2.75) is 6.92 Å². The highest BCUT2D eigenvalue weighted by Crippen LogP contribution is 2.31. The van der Waals surface area contributed by atoms with E-state index in [9.17, 15) is 4.79 Å². The highest BCUT2D eigenvalue weighted by Gasteiger charge is 2.19. The highest BCUT2D eigenvalue weighted by molar-refractivity contribution is 6.31. The van der Waals surface area contributed by atoms with Crippen LogP contribution in [0, 0.1) is 6.92 Å². The van der Waals surface area contributed by atoms with E-state index in [1.165, 1.54) is 0 Å². The number of halogens is 1. The Bertz CT molecular complexity index is 701. The van der Waals surface area contributed by atoms with Crippen LogP contribution in [0.1, 0.15) is 15.9 Å². The van der Waals surface area contributed by atoms with Crippen molar-refractivity contribution in [2.24, 2.45) is 0 Å². The summed E-state index contributed by atoms with van der Waals surface area (Å²) < 4.78 is 5.61. The SMILES string of the molecule is Cc1ccc(NC(=O)c2cccc3c2OCCN3)cc1Cl. The van der Waals surface area contributed by atoms with Gasteiger partial charge in [-0.15, -0.1) is 0 Å². The molecule has 0 spiro atoms. The first kappa shape index (κ1) is 13.8. The van der Waals surface area contributed by atoms with Crippen LogP contribution >= 0.6 is 11.6 Å². The number of para-hydroxylation sites is 1. The zero-order valence-electron chi connectivity index (χ0n) is 11.6. The van der Waals surface area contributed by atoms with E-state index in [0.29, 0.717) is 28.6 Å². The number of amides is 1. The Morgan fingerprint density at radius 2 is 2.19 bits per heavy atom. The van der Waals surface area contributed by atoms with Gasteiger partial charge in [0, 0.05) is 17.3 Å². The zero-order chi connectivity index (χ0) is 14.8. The predicted molar refractivity (Wildman–Crippen MR) is 84.6 cm³/mol. The molecule has 0 aromatic heterocycles. The zero-order valence-corrected chi connectivity index (χ0v) is 12.3. The maximum absolute atomic E-state index is 12.4. The number of carbonyl (C=O) groups is 1. The lowest BCUT2D eigenvalue weighted by Crippen LogP contribution is -2.21. The van der Waals surface area contributed by atoms with Crippen LogP contribution in [0.25, 0.3) is 0 Å². The van der Waals surface area contributed by atoms with Crippen molar-refractivity contribution in [3.05, 3.63) is 52.5 Å². The fourth-order valence-electron chi connectivity index (χ4n) is 2.22. The highest BCUT2D eigenvalue weighted by atomic mass is 35.5. The average Bonchev–Trinajstić information content (AvgIpc) is 2.50. The Hall–Kier alpha value is -2.20. The maximum Gasteiger partial charge on any atom is 0.259 e. The molecule has 0 saturated carbocycles. The molecular formula is C16H15ClN2O2. The molecule has 2 aromatic rings. The Balaban J connectivity index is 1.87. The lowest BCUT2D eigenvalue weighted by molar-refractivity contribution is 0.102. The monoisotopic (exact) mass is 302 g/mol. The fourth-order valence-corrected chi connectivity index (χ4v) is 2.40. The summed E-state index contributed by atoms with van der Waals surface area (Å²) in [7, 11) is 0. The minimum atomic E-state index is -0.213. The summed E-state index contributed by atoms with van der Waals surface area (Å²) >= 11 is 6.07. The second-order valence-corrected chi connectivity index (χ2v) is 5.28. The number of carbonyl (C=O) groups excluding carboxylic acids is 1. The summed E-state index contributed by atoms with van der Waals surface area (Å²) in [6.07, 6.45) is 0. The first-order chi connectivity index (χ1) is 10.1. The minimum absolute atomic E-state index is 0.213. The topological polar surface area (TPSA) is 50.4 Å². The number of nitrogens with one attached hydrogen (secondary N) is 2. The molecule has 5 heteroatoms. The Labute approximate surface area is 128 Å². The molecule has 0 radical (unpaired) electrons. The molecule has 0 atom stereocenters. The largest absolute Gasteiger partial charge is 0.489 e. The van der Waals surface area contributed by atoms with Gasteiger partial charge in [-0.05, 0) is 36.8 Å². The molecule has 0 unspecified atom stereocenters. The molecule has 1 heterocycles. The van der Waals surface area contributed by atoms with Gasteiger partial charge in [-0.3, -0.25) is 4.79 Å². The van der Waals surface area contributed by atoms with Crippen LogP contribution in [-0.4, -0.2) is 19.1 Å². The molecule has 1 amide bonds. The first-order valence-corrected chi connectivity index (χ1v) is 7.10. The van der Waals surface area contributed by atoms with E-state index in [0.717, 1.165) is 17.8 Å². The van der Waals surface area contributed by atoms with Crippen molar-refractivity contribution in [2.75, 3.05) is 23.8 Å². The van der Waals surface area contributed by atoms with E-state index in [1.54, 1.807) is 12.1 Å². The summed E-state index contributed by atoms with van der Waals surface area (Å²) in [4.78, 5) is 12.4. The lowest BCUT2D eigenvalue weighted by Gasteiger charge is -2.21.